The highest BCUT2D eigenvalue weighted by Crippen LogP contribution is 2.30. The molecular formula is C14H17NO5. The van der Waals surface area contributed by atoms with Gasteiger partial charge in [-0.15, -0.1) is 0 Å². The maximum Gasteiger partial charge on any atom is 0.211 e. The molecule has 1 aliphatic rings. The fourth-order valence-electron chi connectivity index (χ4n) is 2.48. The number of methoxy groups -OCH3 is 1. The third-order valence-electron chi connectivity index (χ3n) is 3.58. The van der Waals surface area contributed by atoms with Gasteiger partial charge in [0.25, 0.3) is 0 Å². The van der Waals surface area contributed by atoms with Gasteiger partial charge in [-0.3, -0.25) is 14.9 Å². The van der Waals surface area contributed by atoms with Gasteiger partial charge in [0.2, 0.25) is 6.54 Å². The summed E-state index contributed by atoms with van der Waals surface area (Å²) in [6.45, 7) is 0.387. The molecule has 20 heavy (non-hydrogen) atoms. The fourth-order valence-corrected chi connectivity index (χ4v) is 2.48. The number of carbonyl (C=O) groups excluding carboxylic acids is 1. The van der Waals surface area contributed by atoms with Crippen molar-refractivity contribution < 1.29 is 19.2 Å². The van der Waals surface area contributed by atoms with Gasteiger partial charge in [-0.25, -0.2) is 0 Å². The summed E-state index contributed by atoms with van der Waals surface area (Å²) in [4.78, 5) is 22.5. The lowest BCUT2D eigenvalue weighted by atomic mass is 9.82. The zero-order valence-corrected chi connectivity index (χ0v) is 11.3. The third kappa shape index (κ3) is 3.33. The molecule has 1 aliphatic heterocycles. The molecule has 1 aromatic carbocycles. The summed E-state index contributed by atoms with van der Waals surface area (Å²) in [7, 11) is 1.56. The maximum atomic E-state index is 12.0. The molecule has 0 spiro atoms. The van der Waals surface area contributed by atoms with Crippen LogP contribution in [0.4, 0.5) is 0 Å². The zero-order chi connectivity index (χ0) is 14.5. The minimum atomic E-state index is -0.455. The number of hydrogen-bond donors (Lipinski definition) is 0. The highest BCUT2D eigenvalue weighted by molar-refractivity contribution is 5.82. The van der Waals surface area contributed by atoms with Gasteiger partial charge in [-0.1, -0.05) is 12.1 Å². The first-order valence-electron chi connectivity index (χ1n) is 6.48. The lowest BCUT2D eigenvalue weighted by molar-refractivity contribution is -0.484. The molecule has 0 unspecified atom stereocenters. The molecule has 0 saturated carbocycles. The SMILES string of the molecule is COc1ccc([C@H](C[N+](=O)[O-])[C@@H]2COCCC2=O)cc1. The molecule has 108 valence electrons. The van der Waals surface area contributed by atoms with Crippen LogP contribution in [0.3, 0.4) is 0 Å². The summed E-state index contributed by atoms with van der Waals surface area (Å²) in [5.74, 6) is -0.176. The number of rotatable bonds is 5. The van der Waals surface area contributed by atoms with Crippen LogP contribution in [-0.4, -0.2) is 37.6 Å². The largest absolute Gasteiger partial charge is 0.497 e. The number of ketones is 1. The first-order valence-corrected chi connectivity index (χ1v) is 6.48. The Morgan fingerprint density at radius 2 is 2.15 bits per heavy atom. The highest BCUT2D eigenvalue weighted by atomic mass is 16.6. The first kappa shape index (κ1) is 14.5. The number of Topliss-reactive ketones (excluding diaryl/α,β-unsaturated/α-hetero) is 1. The topological polar surface area (TPSA) is 78.7 Å². The third-order valence-corrected chi connectivity index (χ3v) is 3.58. The minimum absolute atomic E-state index is 0.0407. The Morgan fingerprint density at radius 3 is 2.70 bits per heavy atom. The summed E-state index contributed by atoms with van der Waals surface area (Å²) < 4.78 is 10.4. The van der Waals surface area contributed by atoms with Gasteiger partial charge in [0.1, 0.15) is 11.5 Å². The molecule has 1 heterocycles. The first-order chi connectivity index (χ1) is 9.61. The van der Waals surface area contributed by atoms with Crippen LogP contribution in [0, 0.1) is 16.0 Å². The summed E-state index contributed by atoms with van der Waals surface area (Å²) in [6.07, 6.45) is 0.328. The zero-order valence-electron chi connectivity index (χ0n) is 11.3. The van der Waals surface area contributed by atoms with Crippen LogP contribution in [0.25, 0.3) is 0 Å². The van der Waals surface area contributed by atoms with E-state index in [-0.39, 0.29) is 23.9 Å². The van der Waals surface area contributed by atoms with Crippen molar-refractivity contribution in [2.45, 2.75) is 12.3 Å². The molecule has 1 fully saturated rings. The predicted molar refractivity (Wildman–Crippen MR) is 71.5 cm³/mol. The van der Waals surface area contributed by atoms with Crippen LogP contribution in [0.15, 0.2) is 24.3 Å². The van der Waals surface area contributed by atoms with Gasteiger partial charge in [-0.2, -0.15) is 0 Å². The number of nitro groups is 1. The standard InChI is InChI=1S/C14H17NO5/c1-19-11-4-2-10(3-5-11)12(8-15(17)18)13-9-20-7-6-14(13)16/h2-5,12-13H,6-9H2,1H3/t12-,13-/m0/s1. The summed E-state index contributed by atoms with van der Waals surface area (Å²) in [5.41, 5.74) is 0.770. The molecule has 1 saturated heterocycles. The van der Waals surface area contributed by atoms with E-state index in [9.17, 15) is 14.9 Å². The van der Waals surface area contributed by atoms with E-state index >= 15 is 0 Å². The quantitative estimate of drug-likeness (QED) is 0.605. The van der Waals surface area contributed by atoms with Gasteiger partial charge in [0, 0.05) is 11.3 Å². The van der Waals surface area contributed by atoms with Crippen molar-refractivity contribution in [2.75, 3.05) is 26.9 Å². The minimum Gasteiger partial charge on any atom is -0.497 e. The van der Waals surface area contributed by atoms with Crippen LogP contribution in [0.2, 0.25) is 0 Å². The molecule has 0 aliphatic carbocycles. The Morgan fingerprint density at radius 1 is 1.45 bits per heavy atom. The van der Waals surface area contributed by atoms with Crippen molar-refractivity contribution in [3.63, 3.8) is 0 Å². The van der Waals surface area contributed by atoms with Crippen LogP contribution in [-0.2, 0) is 9.53 Å². The molecular weight excluding hydrogens is 262 g/mol. The number of hydrogen-bond acceptors (Lipinski definition) is 5. The van der Waals surface area contributed by atoms with Crippen molar-refractivity contribution in [1.82, 2.24) is 0 Å². The second-order valence-electron chi connectivity index (χ2n) is 4.79. The molecule has 0 N–H and O–H groups in total. The van der Waals surface area contributed by atoms with E-state index in [1.54, 1.807) is 31.4 Å². The lowest BCUT2D eigenvalue weighted by Crippen LogP contribution is -2.35. The van der Waals surface area contributed by atoms with E-state index in [2.05, 4.69) is 0 Å². The number of benzene rings is 1. The molecule has 2 atom stereocenters. The van der Waals surface area contributed by atoms with E-state index in [0.717, 1.165) is 5.56 Å². The van der Waals surface area contributed by atoms with E-state index in [4.69, 9.17) is 9.47 Å². The van der Waals surface area contributed by atoms with Crippen molar-refractivity contribution in [1.29, 1.82) is 0 Å². The molecule has 0 amide bonds. The second kappa shape index (κ2) is 6.47. The summed E-state index contributed by atoms with van der Waals surface area (Å²) in [5, 5.41) is 10.9. The molecule has 2 rings (SSSR count). The van der Waals surface area contributed by atoms with Crippen molar-refractivity contribution in [3.8, 4) is 5.75 Å². The average molecular weight is 279 g/mol. The highest BCUT2D eigenvalue weighted by Gasteiger charge is 2.35. The second-order valence-corrected chi connectivity index (χ2v) is 4.79. The van der Waals surface area contributed by atoms with E-state index in [1.165, 1.54) is 0 Å². The number of ether oxygens (including phenoxy) is 2. The maximum absolute atomic E-state index is 12.0. The Hall–Kier alpha value is -1.95. The Kier molecular flexibility index (Phi) is 4.68. The van der Waals surface area contributed by atoms with Gasteiger partial charge in [0.15, 0.2) is 0 Å². The smallest absolute Gasteiger partial charge is 0.211 e. The van der Waals surface area contributed by atoms with Crippen LogP contribution >= 0.6 is 0 Å². The van der Waals surface area contributed by atoms with Crippen LogP contribution < -0.4 is 4.74 Å². The van der Waals surface area contributed by atoms with Gasteiger partial charge < -0.3 is 9.47 Å². The Labute approximate surface area is 116 Å². The average Bonchev–Trinajstić information content (AvgIpc) is 2.46. The van der Waals surface area contributed by atoms with E-state index in [0.29, 0.717) is 18.8 Å². The predicted octanol–water partition coefficient (Wildman–Crippen LogP) is 1.66. The molecule has 6 heteroatoms. The molecule has 0 radical (unpaired) electrons. The molecule has 6 nitrogen and oxygen atoms in total. The fraction of sp³-hybridized carbons (Fsp3) is 0.500. The van der Waals surface area contributed by atoms with Crippen LogP contribution in [0.5, 0.6) is 5.75 Å². The van der Waals surface area contributed by atoms with E-state index in [1.807, 2.05) is 0 Å². The Balaban J connectivity index is 2.25. The van der Waals surface area contributed by atoms with Crippen molar-refractivity contribution in [3.05, 3.63) is 39.9 Å². The van der Waals surface area contributed by atoms with E-state index < -0.39 is 11.8 Å². The number of carbonyl (C=O) groups is 1. The summed E-state index contributed by atoms with van der Waals surface area (Å²) in [6, 6.07) is 7.04. The lowest BCUT2D eigenvalue weighted by Gasteiger charge is -2.27. The van der Waals surface area contributed by atoms with Crippen molar-refractivity contribution >= 4 is 5.78 Å². The molecule has 0 aromatic heterocycles. The van der Waals surface area contributed by atoms with Gasteiger partial charge in [0.05, 0.1) is 32.2 Å². The molecule has 1 aromatic rings. The van der Waals surface area contributed by atoms with Gasteiger partial charge in [-0.05, 0) is 17.7 Å². The summed E-state index contributed by atoms with van der Waals surface area (Å²) >= 11 is 0. The van der Waals surface area contributed by atoms with Crippen LogP contribution in [0.1, 0.15) is 17.9 Å². The monoisotopic (exact) mass is 279 g/mol. The number of nitrogens with zero attached hydrogens (tertiary/aromatic N) is 1. The Bertz CT molecular complexity index is 485. The molecule has 0 bridgehead atoms. The van der Waals surface area contributed by atoms with Crippen molar-refractivity contribution in [2.24, 2.45) is 5.92 Å². The van der Waals surface area contributed by atoms with Gasteiger partial charge >= 0.3 is 0 Å². The normalized spacial score (nSPS) is 20.4.